The monoisotopic (exact) mass is 343 g/mol. The van der Waals surface area contributed by atoms with Gasteiger partial charge in [-0.2, -0.15) is 5.10 Å². The van der Waals surface area contributed by atoms with Crippen molar-refractivity contribution in [2.24, 2.45) is 18.9 Å². The van der Waals surface area contributed by atoms with E-state index in [-0.39, 0.29) is 5.54 Å². The van der Waals surface area contributed by atoms with Gasteiger partial charge in [-0.25, -0.2) is 0 Å². The molecular formula is C16H30BrN3. The molecule has 3 nitrogen and oxygen atoms in total. The van der Waals surface area contributed by atoms with Crippen LogP contribution in [0.5, 0.6) is 0 Å². The van der Waals surface area contributed by atoms with Gasteiger partial charge in [0.05, 0.1) is 15.9 Å². The molecule has 116 valence electrons. The molecule has 0 amide bonds. The Morgan fingerprint density at radius 2 is 1.85 bits per heavy atom. The Labute approximate surface area is 132 Å². The Morgan fingerprint density at radius 3 is 2.30 bits per heavy atom. The van der Waals surface area contributed by atoms with E-state index in [0.29, 0.717) is 11.8 Å². The number of nitrogens with one attached hydrogen (secondary N) is 1. The van der Waals surface area contributed by atoms with E-state index in [4.69, 9.17) is 0 Å². The number of rotatable bonds is 6. The van der Waals surface area contributed by atoms with Crippen molar-refractivity contribution < 1.29 is 0 Å². The second kappa shape index (κ2) is 7.08. The molecule has 0 radical (unpaired) electrons. The molecular weight excluding hydrogens is 314 g/mol. The van der Waals surface area contributed by atoms with Crippen LogP contribution in [0.25, 0.3) is 0 Å². The molecule has 1 heterocycles. The Hall–Kier alpha value is -0.350. The number of nitrogens with zero attached hydrogens (tertiary/aromatic N) is 2. The quantitative estimate of drug-likeness (QED) is 0.847. The van der Waals surface area contributed by atoms with Crippen LogP contribution >= 0.6 is 15.9 Å². The van der Waals surface area contributed by atoms with Crippen LogP contribution in [0, 0.1) is 11.8 Å². The van der Waals surface area contributed by atoms with Crippen LogP contribution in [0.1, 0.15) is 52.9 Å². The van der Waals surface area contributed by atoms with Crippen molar-refractivity contribution in [2.75, 3.05) is 6.54 Å². The van der Waals surface area contributed by atoms with Gasteiger partial charge in [0.1, 0.15) is 0 Å². The first-order valence-corrected chi connectivity index (χ1v) is 8.40. The summed E-state index contributed by atoms with van der Waals surface area (Å²) in [6.07, 6.45) is 2.04. The first-order chi connectivity index (χ1) is 9.15. The van der Waals surface area contributed by atoms with Crippen LogP contribution in [0.3, 0.4) is 0 Å². The van der Waals surface area contributed by atoms with E-state index in [0.717, 1.165) is 25.1 Å². The van der Waals surface area contributed by atoms with Gasteiger partial charge in [-0.3, -0.25) is 4.68 Å². The van der Waals surface area contributed by atoms with Crippen LogP contribution in [-0.4, -0.2) is 21.9 Å². The SMILES string of the molecule is CCc1nn(C)c(CC(C)C(C)CNC(C)(C)C)c1Br. The number of aromatic nitrogens is 2. The Bertz CT molecular complexity index is 432. The van der Waals surface area contributed by atoms with Crippen molar-refractivity contribution in [3.63, 3.8) is 0 Å². The number of hydrogen-bond acceptors (Lipinski definition) is 2. The summed E-state index contributed by atoms with van der Waals surface area (Å²) in [5.74, 6) is 1.27. The summed E-state index contributed by atoms with van der Waals surface area (Å²) in [7, 11) is 2.05. The molecule has 0 aliphatic rings. The Balaban J connectivity index is 2.66. The van der Waals surface area contributed by atoms with E-state index in [2.05, 4.69) is 67.9 Å². The number of hydrogen-bond donors (Lipinski definition) is 1. The van der Waals surface area contributed by atoms with Gasteiger partial charge in [-0.15, -0.1) is 0 Å². The van der Waals surface area contributed by atoms with Gasteiger partial charge in [0.15, 0.2) is 0 Å². The van der Waals surface area contributed by atoms with Gasteiger partial charge >= 0.3 is 0 Å². The summed E-state index contributed by atoms with van der Waals surface area (Å²) in [6, 6.07) is 0. The van der Waals surface area contributed by atoms with Crippen molar-refractivity contribution in [1.82, 2.24) is 15.1 Å². The molecule has 1 rings (SSSR count). The van der Waals surface area contributed by atoms with Crippen molar-refractivity contribution in [3.05, 3.63) is 15.9 Å². The van der Waals surface area contributed by atoms with Gasteiger partial charge < -0.3 is 5.32 Å². The van der Waals surface area contributed by atoms with E-state index >= 15 is 0 Å². The lowest BCUT2D eigenvalue weighted by Gasteiger charge is -2.26. The summed E-state index contributed by atoms with van der Waals surface area (Å²) < 4.78 is 3.23. The van der Waals surface area contributed by atoms with Crippen molar-refractivity contribution in [3.8, 4) is 0 Å². The maximum Gasteiger partial charge on any atom is 0.0766 e. The number of halogens is 1. The first-order valence-electron chi connectivity index (χ1n) is 7.61. The molecule has 0 saturated carbocycles. The fourth-order valence-corrected chi connectivity index (χ4v) is 2.99. The molecule has 2 unspecified atom stereocenters. The highest BCUT2D eigenvalue weighted by atomic mass is 79.9. The molecule has 1 aromatic heterocycles. The third-order valence-corrected chi connectivity index (χ3v) is 4.86. The van der Waals surface area contributed by atoms with Crippen LogP contribution in [0.4, 0.5) is 0 Å². The van der Waals surface area contributed by atoms with Gasteiger partial charge in [0, 0.05) is 12.6 Å². The van der Waals surface area contributed by atoms with E-state index in [1.54, 1.807) is 0 Å². The molecule has 0 aromatic carbocycles. The van der Waals surface area contributed by atoms with Crippen molar-refractivity contribution >= 4 is 15.9 Å². The van der Waals surface area contributed by atoms with Gasteiger partial charge in [0.25, 0.3) is 0 Å². The molecule has 2 atom stereocenters. The average Bonchev–Trinajstić information content (AvgIpc) is 2.62. The van der Waals surface area contributed by atoms with Gasteiger partial charge in [-0.1, -0.05) is 20.8 Å². The highest BCUT2D eigenvalue weighted by Gasteiger charge is 2.20. The normalized spacial score (nSPS) is 15.4. The lowest BCUT2D eigenvalue weighted by atomic mass is 9.90. The van der Waals surface area contributed by atoms with Gasteiger partial charge in [-0.05, 0) is 67.9 Å². The molecule has 0 bridgehead atoms. The van der Waals surface area contributed by atoms with Crippen molar-refractivity contribution in [1.29, 1.82) is 0 Å². The molecule has 0 aliphatic heterocycles. The van der Waals surface area contributed by atoms with E-state index in [1.807, 2.05) is 11.7 Å². The first kappa shape index (κ1) is 17.7. The fraction of sp³-hybridized carbons (Fsp3) is 0.812. The minimum absolute atomic E-state index is 0.191. The third-order valence-electron chi connectivity index (χ3n) is 3.94. The predicted octanol–water partition coefficient (Wildman–Crippen LogP) is 3.95. The summed E-state index contributed by atoms with van der Waals surface area (Å²) >= 11 is 3.71. The highest BCUT2D eigenvalue weighted by molar-refractivity contribution is 9.10. The summed E-state index contributed by atoms with van der Waals surface area (Å²) in [4.78, 5) is 0. The van der Waals surface area contributed by atoms with Crippen LogP contribution < -0.4 is 5.32 Å². The fourth-order valence-electron chi connectivity index (χ4n) is 2.22. The second-order valence-electron chi connectivity index (χ2n) is 6.97. The lowest BCUT2D eigenvalue weighted by molar-refractivity contribution is 0.314. The van der Waals surface area contributed by atoms with E-state index in [1.165, 1.54) is 10.2 Å². The largest absolute Gasteiger partial charge is 0.312 e. The molecule has 4 heteroatoms. The predicted molar refractivity (Wildman–Crippen MR) is 90.1 cm³/mol. The van der Waals surface area contributed by atoms with Crippen LogP contribution in [0.15, 0.2) is 4.47 Å². The topological polar surface area (TPSA) is 29.9 Å². The standard InChI is InChI=1S/C16H30BrN3/c1-8-13-15(17)14(20(7)19-13)9-11(2)12(3)10-18-16(4,5)6/h11-12,18H,8-10H2,1-7H3. The third kappa shape index (κ3) is 4.88. The second-order valence-corrected chi connectivity index (χ2v) is 7.77. The zero-order valence-electron chi connectivity index (χ0n) is 14.0. The lowest BCUT2D eigenvalue weighted by Crippen LogP contribution is -2.40. The Morgan fingerprint density at radius 1 is 1.25 bits per heavy atom. The van der Waals surface area contributed by atoms with Gasteiger partial charge in [0.2, 0.25) is 0 Å². The smallest absolute Gasteiger partial charge is 0.0766 e. The van der Waals surface area contributed by atoms with Crippen LogP contribution in [0.2, 0.25) is 0 Å². The summed E-state index contributed by atoms with van der Waals surface area (Å²) in [6.45, 7) is 14.5. The summed E-state index contributed by atoms with van der Waals surface area (Å²) in [5.41, 5.74) is 2.67. The van der Waals surface area contributed by atoms with Crippen LogP contribution in [-0.2, 0) is 19.9 Å². The molecule has 1 N–H and O–H groups in total. The maximum absolute atomic E-state index is 4.58. The molecule has 1 aromatic rings. The Kier molecular flexibility index (Phi) is 6.26. The maximum atomic E-state index is 4.58. The molecule has 0 aliphatic carbocycles. The molecule has 0 fully saturated rings. The molecule has 0 spiro atoms. The zero-order valence-corrected chi connectivity index (χ0v) is 15.6. The number of aryl methyl sites for hydroxylation is 2. The average molecular weight is 344 g/mol. The molecule has 0 saturated heterocycles. The molecule has 20 heavy (non-hydrogen) atoms. The minimum Gasteiger partial charge on any atom is -0.312 e. The minimum atomic E-state index is 0.191. The zero-order chi connectivity index (χ0) is 15.5. The van der Waals surface area contributed by atoms with E-state index in [9.17, 15) is 0 Å². The summed E-state index contributed by atoms with van der Waals surface area (Å²) in [5, 5.41) is 8.18. The van der Waals surface area contributed by atoms with E-state index < -0.39 is 0 Å². The highest BCUT2D eigenvalue weighted by Crippen LogP contribution is 2.26. The van der Waals surface area contributed by atoms with Crippen molar-refractivity contribution in [2.45, 2.75) is 59.9 Å².